The molecule has 2 aromatic heterocycles. The summed E-state index contributed by atoms with van der Waals surface area (Å²) in [5.41, 5.74) is 8.67. The molecule has 0 saturated heterocycles. The molecule has 0 aliphatic rings. The van der Waals surface area contributed by atoms with Gasteiger partial charge in [0.2, 0.25) is 5.91 Å². The van der Waals surface area contributed by atoms with Crippen LogP contribution in [0.25, 0.3) is 16.7 Å². The summed E-state index contributed by atoms with van der Waals surface area (Å²) in [6.45, 7) is 2.21. The van der Waals surface area contributed by atoms with Crippen LogP contribution in [0.3, 0.4) is 0 Å². The molecule has 2 amide bonds. The number of carbonyl (C=O) groups is 2. The molecule has 0 fully saturated rings. The monoisotopic (exact) mass is 388 g/mol. The van der Waals surface area contributed by atoms with Gasteiger partial charge in [-0.2, -0.15) is 5.10 Å². The molecule has 0 spiro atoms. The summed E-state index contributed by atoms with van der Waals surface area (Å²) >= 11 is 0. The molecule has 0 unspecified atom stereocenters. The number of hydrogen-bond acceptors (Lipinski definition) is 4. The summed E-state index contributed by atoms with van der Waals surface area (Å²) in [5.74, 6) is 0.164. The number of para-hydroxylation sites is 2. The van der Waals surface area contributed by atoms with Crippen LogP contribution in [-0.4, -0.2) is 31.1 Å². The first-order chi connectivity index (χ1) is 14.0. The maximum Gasteiger partial charge on any atom is 0.269 e. The first-order valence-electron chi connectivity index (χ1n) is 9.25. The van der Waals surface area contributed by atoms with Gasteiger partial charge in [-0.3, -0.25) is 9.59 Å². The second-order valence-corrected chi connectivity index (χ2v) is 6.56. The number of amides is 2. The van der Waals surface area contributed by atoms with Gasteiger partial charge < -0.3 is 15.6 Å². The molecule has 0 radical (unpaired) electrons. The Morgan fingerprint density at radius 2 is 1.83 bits per heavy atom. The van der Waals surface area contributed by atoms with Crippen molar-refractivity contribution in [2.75, 3.05) is 5.32 Å². The number of benzene rings is 2. The van der Waals surface area contributed by atoms with E-state index in [-0.39, 0.29) is 18.1 Å². The molecule has 2 heterocycles. The second kappa shape index (κ2) is 7.59. The average molecular weight is 388 g/mol. The number of aryl methyl sites for hydroxylation is 1. The number of primary amides is 1. The standard InChI is InChI=1S/C21H20N6O2/c1-2-19-24-16-5-3-4-6-18(16)26(19)13-20(28)23-14-7-9-15(10-8-14)27-12-11-17(25-27)21(22)29/h3-12H,2,13H2,1H3,(H2,22,29)(H,23,28). The first-order valence-corrected chi connectivity index (χ1v) is 9.25. The van der Waals surface area contributed by atoms with E-state index in [2.05, 4.69) is 15.4 Å². The molecular formula is C21H20N6O2. The smallest absolute Gasteiger partial charge is 0.269 e. The molecule has 4 aromatic rings. The minimum absolute atomic E-state index is 0.134. The van der Waals surface area contributed by atoms with Crippen molar-refractivity contribution in [3.63, 3.8) is 0 Å². The minimum Gasteiger partial charge on any atom is -0.364 e. The molecule has 0 aliphatic carbocycles. The lowest BCUT2D eigenvalue weighted by Gasteiger charge is -2.10. The Morgan fingerprint density at radius 1 is 1.07 bits per heavy atom. The molecular weight excluding hydrogens is 368 g/mol. The van der Waals surface area contributed by atoms with E-state index in [1.807, 2.05) is 35.8 Å². The fourth-order valence-electron chi connectivity index (χ4n) is 3.21. The van der Waals surface area contributed by atoms with Crippen LogP contribution in [0.1, 0.15) is 23.2 Å². The highest BCUT2D eigenvalue weighted by Crippen LogP contribution is 2.17. The first kappa shape index (κ1) is 18.4. The number of carbonyl (C=O) groups excluding carboxylic acids is 2. The van der Waals surface area contributed by atoms with Crippen molar-refractivity contribution < 1.29 is 9.59 Å². The molecule has 0 saturated carbocycles. The lowest BCUT2D eigenvalue weighted by atomic mass is 10.2. The van der Waals surface area contributed by atoms with Crippen LogP contribution in [-0.2, 0) is 17.8 Å². The summed E-state index contributed by atoms with van der Waals surface area (Å²) in [5, 5.41) is 7.02. The fourth-order valence-corrected chi connectivity index (χ4v) is 3.21. The summed E-state index contributed by atoms with van der Waals surface area (Å²) < 4.78 is 3.49. The van der Waals surface area contributed by atoms with Crippen LogP contribution >= 0.6 is 0 Å². The Kier molecular flexibility index (Phi) is 4.82. The van der Waals surface area contributed by atoms with Crippen molar-refractivity contribution in [3.8, 4) is 5.69 Å². The maximum atomic E-state index is 12.6. The van der Waals surface area contributed by atoms with Crippen LogP contribution in [0.15, 0.2) is 60.8 Å². The van der Waals surface area contributed by atoms with E-state index in [4.69, 9.17) is 5.73 Å². The van der Waals surface area contributed by atoms with Gasteiger partial charge in [0, 0.05) is 18.3 Å². The second-order valence-electron chi connectivity index (χ2n) is 6.56. The number of nitrogens with one attached hydrogen (secondary N) is 1. The van der Waals surface area contributed by atoms with E-state index >= 15 is 0 Å². The molecule has 2 aromatic carbocycles. The van der Waals surface area contributed by atoms with Crippen LogP contribution in [0.5, 0.6) is 0 Å². The number of rotatable bonds is 6. The zero-order chi connectivity index (χ0) is 20.4. The summed E-state index contributed by atoms with van der Waals surface area (Å²) in [6.07, 6.45) is 2.40. The van der Waals surface area contributed by atoms with Gasteiger partial charge in [0.15, 0.2) is 0 Å². The fraction of sp³-hybridized carbons (Fsp3) is 0.143. The number of fused-ring (bicyclic) bond motifs is 1. The van der Waals surface area contributed by atoms with Crippen molar-refractivity contribution in [2.24, 2.45) is 5.73 Å². The zero-order valence-corrected chi connectivity index (χ0v) is 15.9. The van der Waals surface area contributed by atoms with Gasteiger partial charge in [0.25, 0.3) is 5.91 Å². The summed E-state index contributed by atoms with van der Waals surface area (Å²) in [7, 11) is 0. The van der Waals surface area contributed by atoms with Crippen molar-refractivity contribution in [1.82, 2.24) is 19.3 Å². The molecule has 29 heavy (non-hydrogen) atoms. The van der Waals surface area contributed by atoms with Gasteiger partial charge in [-0.1, -0.05) is 19.1 Å². The average Bonchev–Trinajstić information content (AvgIpc) is 3.34. The molecule has 8 heteroatoms. The maximum absolute atomic E-state index is 12.6. The SMILES string of the molecule is CCc1nc2ccccc2n1CC(=O)Nc1ccc(-n2ccc(C(N)=O)n2)cc1. The molecule has 4 rings (SSSR count). The van der Waals surface area contributed by atoms with Gasteiger partial charge >= 0.3 is 0 Å². The summed E-state index contributed by atoms with van der Waals surface area (Å²) in [6, 6.07) is 16.5. The number of nitrogens with zero attached hydrogens (tertiary/aromatic N) is 4. The lowest BCUT2D eigenvalue weighted by molar-refractivity contribution is -0.116. The largest absolute Gasteiger partial charge is 0.364 e. The van der Waals surface area contributed by atoms with Gasteiger partial charge in [-0.05, 0) is 42.5 Å². The van der Waals surface area contributed by atoms with Gasteiger partial charge in [-0.15, -0.1) is 0 Å². The van der Waals surface area contributed by atoms with E-state index in [1.54, 1.807) is 41.2 Å². The topological polar surface area (TPSA) is 108 Å². The van der Waals surface area contributed by atoms with E-state index in [9.17, 15) is 9.59 Å². The van der Waals surface area contributed by atoms with E-state index in [0.29, 0.717) is 5.69 Å². The van der Waals surface area contributed by atoms with Crippen molar-refractivity contribution in [2.45, 2.75) is 19.9 Å². The number of hydrogen-bond donors (Lipinski definition) is 2. The molecule has 0 aliphatic heterocycles. The normalized spacial score (nSPS) is 10.9. The predicted molar refractivity (Wildman–Crippen MR) is 110 cm³/mol. The van der Waals surface area contributed by atoms with E-state index in [0.717, 1.165) is 29.0 Å². The highest BCUT2D eigenvalue weighted by molar-refractivity contribution is 5.92. The number of nitrogens with two attached hydrogens (primary N) is 1. The van der Waals surface area contributed by atoms with Gasteiger partial charge in [0.1, 0.15) is 18.1 Å². The Bertz CT molecular complexity index is 1190. The highest BCUT2D eigenvalue weighted by Gasteiger charge is 2.13. The number of anilines is 1. The zero-order valence-electron chi connectivity index (χ0n) is 15.9. The van der Waals surface area contributed by atoms with Crippen molar-refractivity contribution in [1.29, 1.82) is 0 Å². The predicted octanol–water partition coefficient (Wildman–Crippen LogP) is 2.52. The van der Waals surface area contributed by atoms with Crippen molar-refractivity contribution >= 4 is 28.5 Å². The molecule has 8 nitrogen and oxygen atoms in total. The van der Waals surface area contributed by atoms with E-state index < -0.39 is 5.91 Å². The van der Waals surface area contributed by atoms with Gasteiger partial charge in [-0.25, -0.2) is 9.67 Å². The number of aromatic nitrogens is 4. The van der Waals surface area contributed by atoms with E-state index in [1.165, 1.54) is 0 Å². The third kappa shape index (κ3) is 3.73. The molecule has 146 valence electrons. The minimum atomic E-state index is -0.578. The lowest BCUT2D eigenvalue weighted by Crippen LogP contribution is -2.20. The highest BCUT2D eigenvalue weighted by atomic mass is 16.2. The van der Waals surface area contributed by atoms with Gasteiger partial charge in [0.05, 0.1) is 16.7 Å². The van der Waals surface area contributed by atoms with Crippen LogP contribution in [0, 0.1) is 0 Å². The Hall–Kier alpha value is -3.94. The third-order valence-electron chi connectivity index (χ3n) is 4.61. The Labute approximate surface area is 167 Å². The van der Waals surface area contributed by atoms with Crippen LogP contribution < -0.4 is 11.1 Å². The molecule has 0 bridgehead atoms. The summed E-state index contributed by atoms with van der Waals surface area (Å²) in [4.78, 5) is 28.4. The van der Waals surface area contributed by atoms with Crippen LogP contribution in [0.2, 0.25) is 0 Å². The molecule has 3 N–H and O–H groups in total. The van der Waals surface area contributed by atoms with Crippen LogP contribution in [0.4, 0.5) is 5.69 Å². The van der Waals surface area contributed by atoms with Crippen molar-refractivity contribution in [3.05, 3.63) is 72.3 Å². The Morgan fingerprint density at radius 3 is 2.52 bits per heavy atom. The quantitative estimate of drug-likeness (QED) is 0.529. The molecule has 0 atom stereocenters. The third-order valence-corrected chi connectivity index (χ3v) is 4.61. The Balaban J connectivity index is 1.48. The number of imidazole rings is 1.